The molecule has 0 amide bonds. The fourth-order valence-electron chi connectivity index (χ4n) is 3.84. The molecule has 0 atom stereocenters. The number of rotatable bonds is 7. The van der Waals surface area contributed by atoms with Gasteiger partial charge in [0.2, 0.25) is 0 Å². The molecule has 0 heterocycles. The van der Waals surface area contributed by atoms with Crippen LogP contribution in [0.5, 0.6) is 17.2 Å². The largest absolute Gasteiger partial charge is 0.497 e. The van der Waals surface area contributed by atoms with Crippen molar-refractivity contribution >= 4 is 21.0 Å². The molecule has 42 heavy (non-hydrogen) atoms. The van der Waals surface area contributed by atoms with Crippen molar-refractivity contribution in [3.63, 3.8) is 0 Å². The Bertz CT molecular complexity index is 1470. The van der Waals surface area contributed by atoms with Crippen molar-refractivity contribution in [1.82, 2.24) is 0 Å². The van der Waals surface area contributed by atoms with Crippen molar-refractivity contribution in [3.05, 3.63) is 103 Å². The monoisotopic (exact) mass is 609 g/mol. The van der Waals surface area contributed by atoms with Gasteiger partial charge in [0, 0.05) is 6.07 Å². The van der Waals surface area contributed by atoms with Gasteiger partial charge in [-0.05, 0) is 121 Å². The Hall–Kier alpha value is -3.46. The van der Waals surface area contributed by atoms with E-state index in [9.17, 15) is 8.42 Å². The summed E-state index contributed by atoms with van der Waals surface area (Å²) in [6.07, 6.45) is 0. The predicted octanol–water partition coefficient (Wildman–Crippen LogP) is 8.39. The van der Waals surface area contributed by atoms with Gasteiger partial charge in [-0.15, -0.1) is 0 Å². The van der Waals surface area contributed by atoms with Crippen LogP contribution in [-0.2, 0) is 21.0 Å². The third kappa shape index (κ3) is 10.4. The van der Waals surface area contributed by atoms with E-state index >= 15 is 0 Å². The Morgan fingerprint density at radius 2 is 1.07 bits per heavy atom. The Balaban J connectivity index is 0.000000369. The van der Waals surface area contributed by atoms with Crippen LogP contribution >= 0.6 is 0 Å². The zero-order valence-corrected chi connectivity index (χ0v) is 27.2. The maximum Gasteiger partial charge on any atom is 0.294 e. The molecule has 0 spiro atoms. The quantitative estimate of drug-likeness (QED) is 0.167. The summed E-state index contributed by atoms with van der Waals surface area (Å²) in [5, 5.41) is 0. The second-order valence-corrected chi connectivity index (χ2v) is 15.1. The van der Waals surface area contributed by atoms with Gasteiger partial charge in [-0.2, -0.15) is 8.42 Å². The maximum absolute atomic E-state index is 10.5. The molecular weight excluding hydrogens is 569 g/mol. The molecule has 0 aliphatic rings. The number of aryl methyl sites for hydroxylation is 1. The molecule has 0 aliphatic carbocycles. The van der Waals surface area contributed by atoms with Gasteiger partial charge >= 0.3 is 0 Å². The molecule has 0 unspecified atom stereocenters. The van der Waals surface area contributed by atoms with Gasteiger partial charge in [-0.1, -0.05) is 23.8 Å². The first-order chi connectivity index (χ1) is 19.5. The van der Waals surface area contributed by atoms with Crippen LogP contribution in [0.2, 0.25) is 0 Å². The number of methoxy groups -OCH3 is 1. The number of benzene rings is 4. The molecule has 6 nitrogen and oxygen atoms in total. The lowest BCUT2D eigenvalue weighted by atomic mass is 10.2. The Kier molecular flexibility index (Phi) is 10.8. The molecule has 0 saturated carbocycles. The molecule has 0 saturated heterocycles. The molecule has 4 rings (SSSR count). The Labute approximate surface area is 253 Å². The van der Waals surface area contributed by atoms with Gasteiger partial charge < -0.3 is 14.2 Å². The van der Waals surface area contributed by atoms with Crippen LogP contribution in [0.15, 0.2) is 117 Å². The maximum atomic E-state index is 10.5. The average Bonchev–Trinajstić information content (AvgIpc) is 2.89. The molecule has 1 N–H and O–H groups in total. The number of ether oxygens (including phenoxy) is 3. The summed E-state index contributed by atoms with van der Waals surface area (Å²) in [7, 11) is -2.60. The van der Waals surface area contributed by atoms with Gasteiger partial charge in [0.15, 0.2) is 14.7 Å². The smallest absolute Gasteiger partial charge is 0.294 e. The average molecular weight is 610 g/mol. The molecule has 0 fully saturated rings. The molecule has 0 bridgehead atoms. The minimum absolute atomic E-state index is 0.0666. The second-order valence-electron chi connectivity index (χ2n) is 11.6. The van der Waals surface area contributed by atoms with Crippen molar-refractivity contribution in [1.29, 1.82) is 0 Å². The summed E-state index contributed by atoms with van der Waals surface area (Å²) in [5.41, 5.74) is 0.509. The summed E-state index contributed by atoms with van der Waals surface area (Å²) in [6.45, 7) is 14.2. The summed E-state index contributed by atoms with van der Waals surface area (Å²) < 4.78 is 47.1. The molecule has 4 aromatic carbocycles. The number of hydrogen-bond acceptors (Lipinski definition) is 5. The first-order valence-electron chi connectivity index (χ1n) is 13.5. The lowest BCUT2D eigenvalue weighted by Gasteiger charge is -2.21. The van der Waals surface area contributed by atoms with Crippen molar-refractivity contribution in [2.24, 2.45) is 0 Å². The number of hydrogen-bond donors (Lipinski definition) is 1. The van der Waals surface area contributed by atoms with E-state index in [0.717, 1.165) is 22.8 Å². The van der Waals surface area contributed by atoms with Gasteiger partial charge in [0.25, 0.3) is 10.1 Å². The van der Waals surface area contributed by atoms with Crippen LogP contribution < -0.4 is 14.2 Å². The molecular formula is C34H41O6S2+. The minimum Gasteiger partial charge on any atom is -0.497 e. The van der Waals surface area contributed by atoms with Crippen molar-refractivity contribution in [2.75, 3.05) is 7.11 Å². The highest BCUT2D eigenvalue weighted by Gasteiger charge is 2.30. The zero-order valence-electron chi connectivity index (χ0n) is 25.5. The van der Waals surface area contributed by atoms with Crippen LogP contribution in [0.3, 0.4) is 0 Å². The Morgan fingerprint density at radius 1 is 0.619 bits per heavy atom. The third-order valence-electron chi connectivity index (χ3n) is 5.56. The van der Waals surface area contributed by atoms with Crippen LogP contribution in [0, 0.1) is 6.92 Å². The molecule has 8 heteroatoms. The van der Waals surface area contributed by atoms with E-state index in [2.05, 4.69) is 102 Å². The molecule has 224 valence electrons. The standard InChI is InChI=1S/C27H33O3S.C7H8O3S/c1-26(2,3)29-20-11-15-23(16-12-20)31(25-10-8-9-22(19-25)28-7)24-17-13-21(14-18-24)30-27(4,5)6;1-6-2-4-7(5-3-6)11(8,9)10/h8-19H,1-7H3;2-5H,1H3,(H,8,9,10)/q+1;. The van der Waals surface area contributed by atoms with E-state index in [1.54, 1.807) is 19.2 Å². The first kappa shape index (κ1) is 33.0. The van der Waals surface area contributed by atoms with E-state index in [0.29, 0.717) is 0 Å². The third-order valence-corrected chi connectivity index (χ3v) is 8.64. The van der Waals surface area contributed by atoms with Gasteiger partial charge in [-0.3, -0.25) is 4.55 Å². The molecule has 0 radical (unpaired) electrons. The predicted molar refractivity (Wildman–Crippen MR) is 170 cm³/mol. The van der Waals surface area contributed by atoms with Crippen molar-refractivity contribution in [3.8, 4) is 17.2 Å². The minimum atomic E-state index is -4.02. The van der Waals surface area contributed by atoms with E-state index in [-0.39, 0.29) is 27.0 Å². The van der Waals surface area contributed by atoms with Crippen LogP contribution in [0.25, 0.3) is 0 Å². The SMILES string of the molecule is COc1cccc([S+](c2ccc(OC(C)(C)C)cc2)c2ccc(OC(C)(C)C)cc2)c1.Cc1ccc(S(=O)(=O)O)cc1. The van der Waals surface area contributed by atoms with Gasteiger partial charge in [-0.25, -0.2) is 0 Å². The fraction of sp³-hybridized carbons (Fsp3) is 0.294. The Morgan fingerprint density at radius 3 is 1.45 bits per heavy atom. The highest BCUT2D eigenvalue weighted by atomic mass is 32.2. The topological polar surface area (TPSA) is 82.1 Å². The van der Waals surface area contributed by atoms with Crippen molar-refractivity contribution in [2.45, 2.75) is 79.3 Å². The summed E-state index contributed by atoms with van der Waals surface area (Å²) >= 11 is 0. The molecule has 0 aromatic heterocycles. The highest BCUT2D eigenvalue weighted by Crippen LogP contribution is 2.35. The van der Waals surface area contributed by atoms with E-state index in [1.807, 2.05) is 19.1 Å². The van der Waals surface area contributed by atoms with Gasteiger partial charge in [0.1, 0.15) is 28.5 Å². The second kappa shape index (κ2) is 13.7. The molecule has 0 aliphatic heterocycles. The van der Waals surface area contributed by atoms with Crippen LogP contribution in [0.4, 0.5) is 0 Å². The fourth-order valence-corrected chi connectivity index (χ4v) is 6.40. The lowest BCUT2D eigenvalue weighted by molar-refractivity contribution is 0.130. The van der Waals surface area contributed by atoms with E-state index < -0.39 is 10.1 Å². The van der Waals surface area contributed by atoms with Crippen LogP contribution in [-0.4, -0.2) is 31.3 Å². The van der Waals surface area contributed by atoms with Gasteiger partial charge in [0.05, 0.1) is 22.9 Å². The summed E-state index contributed by atoms with van der Waals surface area (Å²) in [4.78, 5) is 3.58. The highest BCUT2D eigenvalue weighted by molar-refractivity contribution is 7.97. The van der Waals surface area contributed by atoms with E-state index in [1.165, 1.54) is 26.8 Å². The molecule has 4 aromatic rings. The lowest BCUT2D eigenvalue weighted by Crippen LogP contribution is -2.23. The van der Waals surface area contributed by atoms with E-state index in [4.69, 9.17) is 18.8 Å². The van der Waals surface area contributed by atoms with Crippen molar-refractivity contribution < 1.29 is 27.2 Å². The van der Waals surface area contributed by atoms with Crippen LogP contribution in [0.1, 0.15) is 47.1 Å². The normalized spacial score (nSPS) is 11.9. The first-order valence-corrected chi connectivity index (χ1v) is 16.2. The summed E-state index contributed by atoms with van der Waals surface area (Å²) in [5.74, 6) is 2.61. The summed E-state index contributed by atoms with van der Waals surface area (Å²) in [6, 6.07) is 31.1. The zero-order chi connectivity index (χ0) is 31.1.